The lowest BCUT2D eigenvalue weighted by molar-refractivity contribution is -0.117. The lowest BCUT2D eigenvalue weighted by Crippen LogP contribution is -2.51. The lowest BCUT2D eigenvalue weighted by Gasteiger charge is -2.41. The largest absolute Gasteiger partial charge is 0.459 e. The van der Waals surface area contributed by atoms with E-state index < -0.39 is 0 Å². The number of rotatable bonds is 7. The molecule has 2 aromatic rings. The Morgan fingerprint density at radius 3 is 2.64 bits per heavy atom. The average Bonchev–Trinajstić information content (AvgIpc) is 3.36. The van der Waals surface area contributed by atoms with E-state index in [-0.39, 0.29) is 23.8 Å². The number of benzene rings is 1. The zero-order valence-electron chi connectivity index (χ0n) is 19.8. The van der Waals surface area contributed by atoms with Crippen LogP contribution in [-0.2, 0) is 4.79 Å². The van der Waals surface area contributed by atoms with E-state index in [1.807, 2.05) is 25.1 Å². The molecule has 178 valence electrons. The first-order valence-corrected chi connectivity index (χ1v) is 12.2. The summed E-state index contributed by atoms with van der Waals surface area (Å²) in [5.74, 6) is 0.941. The molecule has 1 unspecified atom stereocenters. The fourth-order valence-electron chi connectivity index (χ4n) is 5.29. The van der Waals surface area contributed by atoms with Gasteiger partial charge in [0.1, 0.15) is 0 Å². The summed E-state index contributed by atoms with van der Waals surface area (Å²) in [7, 11) is 0. The molecule has 33 heavy (non-hydrogen) atoms. The van der Waals surface area contributed by atoms with Gasteiger partial charge in [-0.15, -0.1) is 0 Å². The molecule has 2 aliphatic rings. The molecule has 4 rings (SSSR count). The van der Waals surface area contributed by atoms with Crippen LogP contribution in [0.2, 0.25) is 0 Å². The van der Waals surface area contributed by atoms with Crippen LogP contribution in [0.4, 0.5) is 11.4 Å². The van der Waals surface area contributed by atoms with Crippen molar-refractivity contribution in [1.29, 1.82) is 0 Å². The van der Waals surface area contributed by atoms with Crippen molar-refractivity contribution in [3.05, 3.63) is 47.9 Å². The summed E-state index contributed by atoms with van der Waals surface area (Å²) >= 11 is 0. The van der Waals surface area contributed by atoms with Crippen molar-refractivity contribution in [2.45, 2.75) is 57.9 Å². The highest BCUT2D eigenvalue weighted by molar-refractivity contribution is 6.09. The van der Waals surface area contributed by atoms with E-state index in [0.717, 1.165) is 35.9 Å². The molecule has 2 heterocycles. The number of hydrogen-bond acceptors (Lipinski definition) is 5. The van der Waals surface area contributed by atoms with Crippen LogP contribution in [0.1, 0.15) is 68.0 Å². The molecular formula is C26H36N4O3. The van der Waals surface area contributed by atoms with Gasteiger partial charge in [-0.25, -0.2) is 0 Å². The van der Waals surface area contributed by atoms with Gasteiger partial charge in [0.2, 0.25) is 5.91 Å². The molecular weight excluding hydrogens is 416 g/mol. The highest BCUT2D eigenvalue weighted by Crippen LogP contribution is 2.38. The molecule has 3 N–H and O–H groups in total. The predicted molar refractivity (Wildman–Crippen MR) is 131 cm³/mol. The molecule has 0 bridgehead atoms. The van der Waals surface area contributed by atoms with Crippen molar-refractivity contribution in [2.24, 2.45) is 11.7 Å². The van der Waals surface area contributed by atoms with Gasteiger partial charge in [0.25, 0.3) is 5.91 Å². The Bertz CT molecular complexity index is 952. The second kappa shape index (κ2) is 10.5. The lowest BCUT2D eigenvalue weighted by atomic mass is 9.89. The Balaban J connectivity index is 1.58. The Morgan fingerprint density at radius 2 is 1.97 bits per heavy atom. The first-order valence-electron chi connectivity index (χ1n) is 12.2. The molecule has 2 amide bonds. The zero-order chi connectivity index (χ0) is 23.4. The van der Waals surface area contributed by atoms with Crippen molar-refractivity contribution in [3.8, 4) is 0 Å². The minimum Gasteiger partial charge on any atom is -0.459 e. The number of carbonyl (C=O) groups excluding carboxylic acids is 2. The number of nitrogens with zero attached hydrogens (tertiary/aromatic N) is 2. The third-order valence-electron chi connectivity index (χ3n) is 7.06. The van der Waals surface area contributed by atoms with E-state index in [4.69, 9.17) is 10.2 Å². The van der Waals surface area contributed by atoms with Gasteiger partial charge in [0, 0.05) is 32.5 Å². The fraction of sp³-hybridized carbons (Fsp3) is 0.538. The number of nitrogens with two attached hydrogens (primary N) is 1. The number of fused-ring (bicyclic) bond motifs is 1. The Hall–Kier alpha value is -2.64. The quantitative estimate of drug-likeness (QED) is 0.665. The third-order valence-corrected chi connectivity index (χ3v) is 7.06. The monoisotopic (exact) mass is 452 g/mol. The molecule has 2 atom stereocenters. The maximum absolute atomic E-state index is 13.2. The van der Waals surface area contributed by atoms with Crippen molar-refractivity contribution in [1.82, 2.24) is 5.32 Å². The Morgan fingerprint density at radius 1 is 1.18 bits per heavy atom. The molecule has 7 nitrogen and oxygen atoms in total. The standard InChI is InChI=1S/C26H36N4O3/c1-18-17-29(26(32)25-9-6-12-33-25)24-13-21(10-11-23(24)30(18)19(2)31)22(14-27)16-28-15-20-7-4-3-5-8-20/h6,9-13,18,20,22,28H,3-5,7-8,14-17,27H2,1-2H3/t18-,22?/m0/s1. The van der Waals surface area contributed by atoms with Gasteiger partial charge >= 0.3 is 0 Å². The number of anilines is 2. The van der Waals surface area contributed by atoms with Gasteiger partial charge in [0.05, 0.1) is 23.7 Å². The summed E-state index contributed by atoms with van der Waals surface area (Å²) in [5, 5.41) is 3.64. The molecule has 7 heteroatoms. The smallest absolute Gasteiger partial charge is 0.294 e. The number of nitrogens with one attached hydrogen (secondary N) is 1. The second-order valence-electron chi connectivity index (χ2n) is 9.47. The van der Waals surface area contributed by atoms with Crippen LogP contribution >= 0.6 is 0 Å². The summed E-state index contributed by atoms with van der Waals surface area (Å²) < 4.78 is 5.38. The van der Waals surface area contributed by atoms with Crippen LogP contribution in [0.3, 0.4) is 0 Å². The summed E-state index contributed by atoms with van der Waals surface area (Å²) in [5.41, 5.74) is 8.72. The van der Waals surface area contributed by atoms with Crippen LogP contribution in [0, 0.1) is 5.92 Å². The molecule has 0 saturated heterocycles. The highest BCUT2D eigenvalue weighted by Gasteiger charge is 2.35. The summed E-state index contributed by atoms with van der Waals surface area (Å²) in [6.45, 7) is 6.26. The molecule has 1 aromatic carbocycles. The van der Waals surface area contributed by atoms with Crippen LogP contribution < -0.4 is 20.9 Å². The second-order valence-corrected chi connectivity index (χ2v) is 9.47. The molecule has 1 aromatic heterocycles. The van der Waals surface area contributed by atoms with Gasteiger partial charge in [0.15, 0.2) is 5.76 Å². The number of amides is 2. The summed E-state index contributed by atoms with van der Waals surface area (Å²) in [6.07, 6.45) is 8.15. The van der Waals surface area contributed by atoms with Gasteiger partial charge in [-0.2, -0.15) is 0 Å². The normalized spacial score (nSPS) is 19.9. The third kappa shape index (κ3) is 5.14. The maximum Gasteiger partial charge on any atom is 0.294 e. The number of carbonyl (C=O) groups is 2. The van der Waals surface area contributed by atoms with Gasteiger partial charge < -0.3 is 25.3 Å². The highest BCUT2D eigenvalue weighted by atomic mass is 16.3. The van der Waals surface area contributed by atoms with Crippen LogP contribution in [0.25, 0.3) is 0 Å². The topological polar surface area (TPSA) is 91.8 Å². The fourth-order valence-corrected chi connectivity index (χ4v) is 5.29. The Labute approximate surface area is 196 Å². The SMILES string of the molecule is CC(=O)N1c2ccc(C(CN)CNCC3CCCCC3)cc2N(C(=O)c2ccco2)C[C@@H]1C. The van der Waals surface area contributed by atoms with Crippen LogP contribution in [-0.4, -0.2) is 44.0 Å². The zero-order valence-corrected chi connectivity index (χ0v) is 19.8. The Kier molecular flexibility index (Phi) is 7.50. The molecule has 0 radical (unpaired) electrons. The predicted octanol–water partition coefficient (Wildman–Crippen LogP) is 3.89. The van der Waals surface area contributed by atoms with Crippen LogP contribution in [0.15, 0.2) is 41.0 Å². The van der Waals surface area contributed by atoms with Crippen molar-refractivity contribution >= 4 is 23.2 Å². The van der Waals surface area contributed by atoms with E-state index in [1.165, 1.54) is 38.4 Å². The maximum atomic E-state index is 13.2. The number of hydrogen-bond donors (Lipinski definition) is 2. The summed E-state index contributed by atoms with van der Waals surface area (Å²) in [6, 6.07) is 9.27. The van der Waals surface area contributed by atoms with E-state index in [9.17, 15) is 9.59 Å². The van der Waals surface area contributed by atoms with E-state index >= 15 is 0 Å². The summed E-state index contributed by atoms with van der Waals surface area (Å²) in [4.78, 5) is 29.1. The first-order chi connectivity index (χ1) is 16.0. The molecule has 1 aliphatic carbocycles. The van der Waals surface area contributed by atoms with E-state index in [0.29, 0.717) is 18.8 Å². The molecule has 1 saturated carbocycles. The average molecular weight is 453 g/mol. The van der Waals surface area contributed by atoms with E-state index in [1.54, 1.807) is 28.9 Å². The molecule has 0 spiro atoms. The first kappa shape index (κ1) is 23.5. The van der Waals surface area contributed by atoms with Gasteiger partial charge in [-0.1, -0.05) is 25.3 Å². The molecule has 1 fully saturated rings. The van der Waals surface area contributed by atoms with Crippen molar-refractivity contribution in [2.75, 3.05) is 36.0 Å². The van der Waals surface area contributed by atoms with Gasteiger partial charge in [-0.05, 0) is 62.1 Å². The molecule has 1 aliphatic heterocycles. The minimum absolute atomic E-state index is 0.0360. The number of furan rings is 1. The van der Waals surface area contributed by atoms with E-state index in [2.05, 4.69) is 5.32 Å². The van der Waals surface area contributed by atoms with Crippen molar-refractivity contribution < 1.29 is 14.0 Å². The van der Waals surface area contributed by atoms with Gasteiger partial charge in [-0.3, -0.25) is 9.59 Å². The minimum atomic E-state index is -0.201. The van der Waals surface area contributed by atoms with Crippen molar-refractivity contribution in [3.63, 3.8) is 0 Å². The van der Waals surface area contributed by atoms with Crippen LogP contribution in [0.5, 0.6) is 0 Å².